The molecule has 0 saturated carbocycles. The molecule has 3 aromatic rings. The van der Waals surface area contributed by atoms with Crippen molar-refractivity contribution in [3.05, 3.63) is 77.5 Å². The minimum absolute atomic E-state index is 0.186. The molecule has 39 heavy (non-hydrogen) atoms. The molecule has 1 saturated heterocycles. The zero-order valence-corrected chi connectivity index (χ0v) is 22.5. The lowest BCUT2D eigenvalue weighted by Gasteiger charge is -2.37. The number of carboxylic acid groups (broad SMARTS) is 1. The smallest absolute Gasteiger partial charge is 0.337 e. The third-order valence-electron chi connectivity index (χ3n) is 7.24. The number of likely N-dealkylation sites (N-methyl/N-ethyl adjacent to an activating group) is 1. The molecule has 0 atom stereocenters. The molecular weight excluding hydrogens is 494 g/mol. The number of rotatable bonds is 7. The topological polar surface area (TPSA) is 105 Å². The fourth-order valence-electron chi connectivity index (χ4n) is 5.21. The van der Waals surface area contributed by atoms with Gasteiger partial charge in [-0.15, -0.1) is 6.58 Å². The summed E-state index contributed by atoms with van der Waals surface area (Å²) in [7, 11) is 2.06. The number of urea groups is 1. The van der Waals surface area contributed by atoms with E-state index in [1.54, 1.807) is 28.1 Å². The molecule has 0 aliphatic carbocycles. The third kappa shape index (κ3) is 5.15. The number of aromatic nitrogens is 2. The highest BCUT2D eigenvalue weighted by atomic mass is 16.4. The number of piperazine rings is 1. The van der Waals surface area contributed by atoms with Crippen LogP contribution in [0, 0.1) is 13.8 Å². The van der Waals surface area contributed by atoms with Crippen LogP contribution in [0.5, 0.6) is 0 Å². The van der Waals surface area contributed by atoms with E-state index >= 15 is 0 Å². The van der Waals surface area contributed by atoms with Crippen molar-refractivity contribution in [2.24, 2.45) is 0 Å². The third-order valence-corrected chi connectivity index (χ3v) is 7.24. The summed E-state index contributed by atoms with van der Waals surface area (Å²) in [5, 5.41) is 13.1. The van der Waals surface area contributed by atoms with Gasteiger partial charge in [-0.2, -0.15) is 4.98 Å². The Hall–Kier alpha value is -4.44. The monoisotopic (exact) mass is 527 g/mol. The molecule has 0 unspecified atom stereocenters. The van der Waals surface area contributed by atoms with Crippen LogP contribution in [0.1, 0.15) is 27.0 Å². The first-order valence-corrected chi connectivity index (χ1v) is 13.0. The van der Waals surface area contributed by atoms with Gasteiger partial charge in [0.25, 0.3) is 0 Å². The number of carbonyl (C=O) groups excluding carboxylic acids is 1. The van der Waals surface area contributed by atoms with E-state index in [-0.39, 0.29) is 24.1 Å². The molecular formula is C29H33N7O3. The van der Waals surface area contributed by atoms with E-state index in [1.165, 1.54) is 0 Å². The van der Waals surface area contributed by atoms with Crippen LogP contribution < -0.4 is 20.0 Å². The number of amides is 2. The van der Waals surface area contributed by atoms with Gasteiger partial charge >= 0.3 is 12.0 Å². The Morgan fingerprint density at radius 2 is 1.85 bits per heavy atom. The van der Waals surface area contributed by atoms with Gasteiger partial charge in [0.05, 0.1) is 23.5 Å². The summed E-state index contributed by atoms with van der Waals surface area (Å²) in [6, 6.07) is 11.0. The van der Waals surface area contributed by atoms with E-state index in [4.69, 9.17) is 0 Å². The number of benzene rings is 2. The average Bonchev–Trinajstić information content (AvgIpc) is 2.91. The number of aromatic carboxylic acids is 1. The first-order valence-electron chi connectivity index (χ1n) is 13.0. The Morgan fingerprint density at radius 3 is 2.51 bits per heavy atom. The van der Waals surface area contributed by atoms with Crippen LogP contribution >= 0.6 is 0 Å². The fourth-order valence-corrected chi connectivity index (χ4v) is 5.21. The number of anilines is 5. The van der Waals surface area contributed by atoms with Gasteiger partial charge in [-0.3, -0.25) is 9.80 Å². The van der Waals surface area contributed by atoms with Crippen LogP contribution in [0.25, 0.3) is 0 Å². The van der Waals surface area contributed by atoms with Gasteiger partial charge in [-0.05, 0) is 50.2 Å². The van der Waals surface area contributed by atoms with Crippen LogP contribution in [0.15, 0.2) is 55.3 Å². The normalized spacial score (nSPS) is 15.8. The van der Waals surface area contributed by atoms with Gasteiger partial charge in [0.1, 0.15) is 5.82 Å². The molecule has 1 fully saturated rings. The molecule has 202 valence electrons. The number of carbonyl (C=O) groups is 2. The number of hydrogen-bond donors (Lipinski definition) is 2. The molecule has 2 N–H and O–H groups in total. The van der Waals surface area contributed by atoms with Gasteiger partial charge < -0.3 is 20.2 Å². The first-order chi connectivity index (χ1) is 18.8. The molecule has 0 bridgehead atoms. The SMILES string of the molecule is C=CCN1C(=O)N(c2c(C)cccc2C)Cc2cnc(Nc3ccc(N4CCN(C)CC4)c(C(=O)O)c3)nc21. The second-order valence-corrected chi connectivity index (χ2v) is 10.0. The summed E-state index contributed by atoms with van der Waals surface area (Å²) in [5.41, 5.74) is 5.18. The van der Waals surface area contributed by atoms with Gasteiger partial charge in [0.15, 0.2) is 0 Å². The zero-order chi connectivity index (χ0) is 27.7. The van der Waals surface area contributed by atoms with E-state index in [1.807, 2.05) is 44.2 Å². The Morgan fingerprint density at radius 1 is 1.13 bits per heavy atom. The van der Waals surface area contributed by atoms with Crippen molar-refractivity contribution >= 4 is 40.8 Å². The van der Waals surface area contributed by atoms with Gasteiger partial charge in [-0.1, -0.05) is 24.3 Å². The summed E-state index contributed by atoms with van der Waals surface area (Å²) >= 11 is 0. The van der Waals surface area contributed by atoms with Crippen molar-refractivity contribution < 1.29 is 14.7 Å². The molecule has 2 aromatic carbocycles. The largest absolute Gasteiger partial charge is 0.478 e. The minimum Gasteiger partial charge on any atom is -0.478 e. The van der Waals surface area contributed by atoms with E-state index in [9.17, 15) is 14.7 Å². The maximum atomic E-state index is 13.6. The lowest BCUT2D eigenvalue weighted by Crippen LogP contribution is -2.48. The number of fused-ring (bicyclic) bond motifs is 1. The summed E-state index contributed by atoms with van der Waals surface area (Å²) in [4.78, 5) is 42.6. The van der Waals surface area contributed by atoms with Crippen LogP contribution in [0.2, 0.25) is 0 Å². The lowest BCUT2D eigenvalue weighted by molar-refractivity contribution is 0.0697. The van der Waals surface area contributed by atoms with Crippen LogP contribution in [0.3, 0.4) is 0 Å². The maximum absolute atomic E-state index is 13.6. The van der Waals surface area contributed by atoms with Crippen molar-refractivity contribution in [1.29, 1.82) is 0 Å². The first kappa shape index (κ1) is 26.2. The van der Waals surface area contributed by atoms with Crippen LogP contribution in [-0.4, -0.2) is 71.7 Å². The molecule has 10 heteroatoms. The van der Waals surface area contributed by atoms with Gasteiger partial charge in [-0.25, -0.2) is 14.6 Å². The standard InChI is InChI=1S/C29H33N7O3/c1-5-11-35-26-21(18-36(29(35)39)25-19(2)7-6-8-20(25)3)17-30-28(32-26)31-22-9-10-24(23(16-22)27(37)38)34-14-12-33(4)13-15-34/h5-10,16-17H,1,11-15,18H2,2-4H3,(H,37,38)(H,30,31,32). The van der Waals surface area contributed by atoms with Crippen molar-refractivity contribution in [2.75, 3.05) is 59.8 Å². The van der Waals surface area contributed by atoms with E-state index in [0.717, 1.165) is 48.6 Å². The minimum atomic E-state index is -0.992. The molecule has 2 aliphatic heterocycles. The van der Waals surface area contributed by atoms with E-state index in [0.29, 0.717) is 23.7 Å². The average molecular weight is 528 g/mol. The highest BCUT2D eigenvalue weighted by Gasteiger charge is 2.34. The molecule has 0 spiro atoms. The van der Waals surface area contributed by atoms with Crippen molar-refractivity contribution in [3.63, 3.8) is 0 Å². The Kier molecular flexibility index (Phi) is 7.21. The molecule has 10 nitrogen and oxygen atoms in total. The lowest BCUT2D eigenvalue weighted by atomic mass is 10.1. The zero-order valence-electron chi connectivity index (χ0n) is 22.5. The highest BCUT2D eigenvalue weighted by Crippen LogP contribution is 2.35. The molecule has 5 rings (SSSR count). The highest BCUT2D eigenvalue weighted by molar-refractivity contribution is 6.06. The fraction of sp³-hybridized carbons (Fsp3) is 0.310. The summed E-state index contributed by atoms with van der Waals surface area (Å²) in [6.45, 7) is 11.7. The second-order valence-electron chi connectivity index (χ2n) is 10.0. The molecule has 2 amide bonds. The number of para-hydroxylation sites is 1. The van der Waals surface area contributed by atoms with Crippen LogP contribution in [0.4, 0.5) is 33.6 Å². The predicted octanol–water partition coefficient (Wildman–Crippen LogP) is 4.42. The number of hydrogen-bond acceptors (Lipinski definition) is 7. The molecule has 0 radical (unpaired) electrons. The quantitative estimate of drug-likeness (QED) is 0.435. The van der Waals surface area contributed by atoms with Crippen LogP contribution in [-0.2, 0) is 6.54 Å². The Balaban J connectivity index is 1.44. The predicted molar refractivity (Wildman–Crippen MR) is 153 cm³/mol. The molecule has 3 heterocycles. The Labute approximate surface area is 228 Å². The maximum Gasteiger partial charge on any atom is 0.337 e. The van der Waals surface area contributed by atoms with Gasteiger partial charge in [0.2, 0.25) is 5.95 Å². The Bertz CT molecular complexity index is 1410. The van der Waals surface area contributed by atoms with Gasteiger partial charge in [0, 0.05) is 50.2 Å². The van der Waals surface area contributed by atoms with E-state index in [2.05, 4.69) is 38.7 Å². The number of aryl methyl sites for hydroxylation is 2. The van der Waals surface area contributed by atoms with E-state index < -0.39 is 5.97 Å². The molecule has 1 aromatic heterocycles. The second kappa shape index (κ2) is 10.7. The van der Waals surface area contributed by atoms with Crippen molar-refractivity contribution in [1.82, 2.24) is 14.9 Å². The number of nitrogens with zero attached hydrogens (tertiary/aromatic N) is 6. The number of nitrogens with one attached hydrogen (secondary N) is 1. The molecule has 2 aliphatic rings. The number of carboxylic acids is 1. The van der Waals surface area contributed by atoms with Crippen molar-refractivity contribution in [3.8, 4) is 0 Å². The summed E-state index contributed by atoms with van der Waals surface area (Å²) in [5.74, 6) is -0.208. The summed E-state index contributed by atoms with van der Waals surface area (Å²) in [6.07, 6.45) is 3.38. The summed E-state index contributed by atoms with van der Waals surface area (Å²) < 4.78 is 0. The van der Waals surface area contributed by atoms with Crippen molar-refractivity contribution in [2.45, 2.75) is 20.4 Å².